The van der Waals surface area contributed by atoms with E-state index in [1.807, 2.05) is 0 Å². The fourth-order valence-corrected chi connectivity index (χ4v) is 4.52. The number of nitrogens with zero attached hydrogens (tertiary/aromatic N) is 1. The average molecular weight is 270 g/mol. The molecule has 0 spiro atoms. The van der Waals surface area contributed by atoms with Gasteiger partial charge in [-0.25, -0.2) is 8.42 Å². The van der Waals surface area contributed by atoms with Crippen molar-refractivity contribution in [3.05, 3.63) is 0 Å². The number of nitrogens with one attached hydrogen (secondary N) is 1. The molecule has 0 radical (unpaired) electrons. The normalized spacial score (nSPS) is 29.8. The minimum atomic E-state index is -2.80. The Morgan fingerprint density at radius 2 is 1.94 bits per heavy atom. The Morgan fingerprint density at radius 3 is 2.56 bits per heavy atom. The van der Waals surface area contributed by atoms with Gasteiger partial charge in [0.25, 0.3) is 0 Å². The highest BCUT2D eigenvalue weighted by Crippen LogP contribution is 2.16. The maximum absolute atomic E-state index is 11.6. The summed E-state index contributed by atoms with van der Waals surface area (Å²) in [5.41, 5.74) is 0. The van der Waals surface area contributed by atoms with Crippen molar-refractivity contribution in [2.24, 2.45) is 0 Å². The first kappa shape index (κ1) is 13.9. The second kappa shape index (κ2) is 6.05. The van der Waals surface area contributed by atoms with Gasteiger partial charge in [-0.1, -0.05) is 5.92 Å². The van der Waals surface area contributed by atoms with Crippen LogP contribution in [0.3, 0.4) is 0 Å². The second-order valence-corrected chi connectivity index (χ2v) is 7.60. The molecule has 5 heteroatoms. The predicted molar refractivity (Wildman–Crippen MR) is 73.1 cm³/mol. The Kier molecular flexibility index (Phi) is 4.66. The molecule has 2 aliphatic heterocycles. The first-order valence-corrected chi connectivity index (χ1v) is 8.53. The van der Waals surface area contributed by atoms with E-state index in [0.29, 0.717) is 17.5 Å². The van der Waals surface area contributed by atoms with Crippen LogP contribution < -0.4 is 5.32 Å². The molecule has 2 saturated heterocycles. The quantitative estimate of drug-likeness (QED) is 0.747. The highest BCUT2D eigenvalue weighted by atomic mass is 32.2. The molecule has 2 heterocycles. The smallest absolute Gasteiger partial charge is 0.151 e. The predicted octanol–water partition coefficient (Wildman–Crippen LogP) is 0.251. The van der Waals surface area contributed by atoms with Crippen LogP contribution in [0.1, 0.15) is 25.7 Å². The number of terminal acetylenes is 1. The van der Waals surface area contributed by atoms with Gasteiger partial charge in [0.2, 0.25) is 0 Å². The number of likely N-dealkylation sites (tertiary alicyclic amines) is 1. The molecule has 0 aliphatic carbocycles. The van der Waals surface area contributed by atoms with E-state index in [1.165, 1.54) is 0 Å². The van der Waals surface area contributed by atoms with Crippen molar-refractivity contribution in [3.63, 3.8) is 0 Å². The zero-order chi connectivity index (χ0) is 13.0. The Labute approximate surface area is 110 Å². The summed E-state index contributed by atoms with van der Waals surface area (Å²) in [5.74, 6) is 3.35. The fourth-order valence-electron chi connectivity index (χ4n) is 2.87. The molecule has 1 unspecified atom stereocenters. The van der Waals surface area contributed by atoms with Gasteiger partial charge < -0.3 is 5.32 Å². The third-order valence-electron chi connectivity index (χ3n) is 3.84. The lowest BCUT2D eigenvalue weighted by Gasteiger charge is -2.34. The standard InChI is InChI=1S/C13H22N2O2S/c1-2-7-15-8-5-12(6-9-15)14-13-4-3-10-18(16,17)11-13/h1,12-14H,3-11H2. The van der Waals surface area contributed by atoms with E-state index >= 15 is 0 Å². The van der Waals surface area contributed by atoms with Crippen LogP contribution in [0.5, 0.6) is 0 Å². The van der Waals surface area contributed by atoms with Crippen molar-refractivity contribution in [1.29, 1.82) is 0 Å². The summed E-state index contributed by atoms with van der Waals surface area (Å²) in [6, 6.07) is 0.616. The highest BCUT2D eigenvalue weighted by Gasteiger charge is 2.27. The molecule has 0 bridgehead atoms. The van der Waals surface area contributed by atoms with Gasteiger partial charge in [0.05, 0.1) is 18.1 Å². The van der Waals surface area contributed by atoms with Crippen LogP contribution in [-0.4, -0.2) is 56.5 Å². The largest absolute Gasteiger partial charge is 0.310 e. The van der Waals surface area contributed by atoms with E-state index in [0.717, 1.165) is 45.3 Å². The van der Waals surface area contributed by atoms with E-state index in [4.69, 9.17) is 6.42 Å². The van der Waals surface area contributed by atoms with Crippen LogP contribution in [0.15, 0.2) is 0 Å². The minimum absolute atomic E-state index is 0.160. The van der Waals surface area contributed by atoms with Crippen molar-refractivity contribution >= 4 is 9.84 Å². The molecule has 2 aliphatic rings. The summed E-state index contributed by atoms with van der Waals surface area (Å²) in [7, 11) is -2.80. The van der Waals surface area contributed by atoms with Crippen molar-refractivity contribution in [3.8, 4) is 12.3 Å². The molecule has 0 aromatic rings. The lowest BCUT2D eigenvalue weighted by atomic mass is 10.0. The lowest BCUT2D eigenvalue weighted by Crippen LogP contribution is -2.49. The third-order valence-corrected chi connectivity index (χ3v) is 5.66. The molecule has 0 aromatic carbocycles. The van der Waals surface area contributed by atoms with Gasteiger partial charge >= 0.3 is 0 Å². The number of piperidine rings is 1. The van der Waals surface area contributed by atoms with Crippen LogP contribution in [0.25, 0.3) is 0 Å². The SMILES string of the molecule is C#CCN1CCC(NC2CCCS(=O)(=O)C2)CC1. The zero-order valence-corrected chi connectivity index (χ0v) is 11.6. The number of hydrogen-bond donors (Lipinski definition) is 1. The number of rotatable bonds is 3. The number of hydrogen-bond acceptors (Lipinski definition) is 4. The van der Waals surface area contributed by atoms with E-state index in [2.05, 4.69) is 16.1 Å². The first-order chi connectivity index (χ1) is 8.59. The van der Waals surface area contributed by atoms with Crippen molar-refractivity contribution in [1.82, 2.24) is 10.2 Å². The molecule has 0 saturated carbocycles. The Bertz CT molecular complexity index is 405. The van der Waals surface area contributed by atoms with Crippen molar-refractivity contribution < 1.29 is 8.42 Å². The van der Waals surface area contributed by atoms with Gasteiger partial charge in [-0.3, -0.25) is 4.90 Å². The lowest BCUT2D eigenvalue weighted by molar-refractivity contribution is 0.209. The molecule has 0 amide bonds. The molecule has 1 N–H and O–H groups in total. The van der Waals surface area contributed by atoms with Gasteiger partial charge in [-0.05, 0) is 25.7 Å². The van der Waals surface area contributed by atoms with E-state index in [-0.39, 0.29) is 6.04 Å². The van der Waals surface area contributed by atoms with Crippen LogP contribution in [0, 0.1) is 12.3 Å². The molecular formula is C13H22N2O2S. The molecule has 2 fully saturated rings. The van der Waals surface area contributed by atoms with E-state index in [9.17, 15) is 8.42 Å². The summed E-state index contributed by atoms with van der Waals surface area (Å²) in [6.07, 6.45) is 9.23. The molecule has 2 rings (SSSR count). The topological polar surface area (TPSA) is 49.4 Å². The van der Waals surface area contributed by atoms with Gasteiger partial charge in [0.1, 0.15) is 0 Å². The maximum atomic E-state index is 11.6. The van der Waals surface area contributed by atoms with Crippen LogP contribution >= 0.6 is 0 Å². The molecule has 1 atom stereocenters. The summed E-state index contributed by atoms with van der Waals surface area (Å²) in [6.45, 7) is 2.76. The zero-order valence-electron chi connectivity index (χ0n) is 10.8. The van der Waals surface area contributed by atoms with Gasteiger partial charge in [-0.15, -0.1) is 6.42 Å². The van der Waals surface area contributed by atoms with Crippen molar-refractivity contribution in [2.75, 3.05) is 31.1 Å². The average Bonchev–Trinajstić information content (AvgIpc) is 2.31. The van der Waals surface area contributed by atoms with Gasteiger partial charge in [-0.2, -0.15) is 0 Å². The van der Waals surface area contributed by atoms with Crippen LogP contribution in [0.2, 0.25) is 0 Å². The van der Waals surface area contributed by atoms with Crippen LogP contribution in [-0.2, 0) is 9.84 Å². The molecule has 18 heavy (non-hydrogen) atoms. The molecule has 0 aromatic heterocycles. The fraction of sp³-hybridized carbons (Fsp3) is 0.846. The Balaban J connectivity index is 1.76. The van der Waals surface area contributed by atoms with Gasteiger partial charge in [0, 0.05) is 25.2 Å². The second-order valence-electron chi connectivity index (χ2n) is 5.37. The Hall–Kier alpha value is -0.570. The molecule has 102 valence electrons. The summed E-state index contributed by atoms with van der Waals surface area (Å²) in [5, 5.41) is 3.52. The third kappa shape index (κ3) is 3.98. The summed E-state index contributed by atoms with van der Waals surface area (Å²) < 4.78 is 23.1. The Morgan fingerprint density at radius 1 is 1.22 bits per heavy atom. The van der Waals surface area contributed by atoms with Crippen molar-refractivity contribution in [2.45, 2.75) is 37.8 Å². The van der Waals surface area contributed by atoms with Crippen LogP contribution in [0.4, 0.5) is 0 Å². The first-order valence-electron chi connectivity index (χ1n) is 6.71. The molecular weight excluding hydrogens is 248 g/mol. The van der Waals surface area contributed by atoms with E-state index in [1.54, 1.807) is 0 Å². The highest BCUT2D eigenvalue weighted by molar-refractivity contribution is 7.91. The maximum Gasteiger partial charge on any atom is 0.151 e. The number of sulfone groups is 1. The van der Waals surface area contributed by atoms with Gasteiger partial charge in [0.15, 0.2) is 9.84 Å². The summed E-state index contributed by atoms with van der Waals surface area (Å²) >= 11 is 0. The monoisotopic (exact) mass is 270 g/mol. The molecule has 4 nitrogen and oxygen atoms in total. The van der Waals surface area contributed by atoms with E-state index < -0.39 is 9.84 Å². The summed E-state index contributed by atoms with van der Waals surface area (Å²) in [4.78, 5) is 2.27. The minimum Gasteiger partial charge on any atom is -0.310 e.